The molecular formula is C21H27N3O2. The Labute approximate surface area is 154 Å². The number of likely N-dealkylation sites (tertiary alicyclic amines) is 1. The van der Waals surface area contributed by atoms with Gasteiger partial charge in [-0.05, 0) is 58.3 Å². The minimum absolute atomic E-state index is 0.707. The van der Waals surface area contributed by atoms with Gasteiger partial charge in [-0.2, -0.15) is 0 Å². The molecule has 1 N–H and O–H groups in total. The topological polar surface area (TPSA) is 50.4 Å². The number of benzene rings is 1. The summed E-state index contributed by atoms with van der Waals surface area (Å²) in [4.78, 5) is 10.6. The SMILES string of the molecule is COc1cc2c(cc1OCCCN1CCCC1)[nH]c1cc(C)nc(C)c12. The van der Waals surface area contributed by atoms with Crippen LogP contribution in [0.1, 0.15) is 30.7 Å². The lowest BCUT2D eigenvalue weighted by Gasteiger charge is -2.15. The Morgan fingerprint density at radius 2 is 1.88 bits per heavy atom. The van der Waals surface area contributed by atoms with Crippen molar-refractivity contribution in [3.8, 4) is 11.5 Å². The molecule has 1 fully saturated rings. The molecule has 3 heterocycles. The molecule has 1 aliphatic heterocycles. The Hall–Kier alpha value is -2.27. The smallest absolute Gasteiger partial charge is 0.163 e. The molecule has 0 bridgehead atoms. The van der Waals surface area contributed by atoms with E-state index in [1.165, 1.54) is 25.9 Å². The Morgan fingerprint density at radius 1 is 1.08 bits per heavy atom. The first-order valence-electron chi connectivity index (χ1n) is 9.48. The number of fused-ring (bicyclic) bond motifs is 3. The number of hydrogen-bond donors (Lipinski definition) is 1. The van der Waals surface area contributed by atoms with Crippen molar-refractivity contribution in [3.63, 3.8) is 0 Å². The van der Waals surface area contributed by atoms with Crippen LogP contribution in [0.25, 0.3) is 21.8 Å². The summed E-state index contributed by atoms with van der Waals surface area (Å²) >= 11 is 0. The van der Waals surface area contributed by atoms with Gasteiger partial charge in [0.2, 0.25) is 0 Å². The van der Waals surface area contributed by atoms with Crippen molar-refractivity contribution in [1.82, 2.24) is 14.9 Å². The van der Waals surface area contributed by atoms with E-state index in [-0.39, 0.29) is 0 Å². The second-order valence-corrected chi connectivity index (χ2v) is 7.20. The van der Waals surface area contributed by atoms with Gasteiger partial charge in [0, 0.05) is 34.8 Å². The van der Waals surface area contributed by atoms with Gasteiger partial charge in [0.15, 0.2) is 11.5 Å². The highest BCUT2D eigenvalue weighted by molar-refractivity contribution is 6.09. The average Bonchev–Trinajstić information content (AvgIpc) is 3.24. The third kappa shape index (κ3) is 3.23. The zero-order valence-electron chi connectivity index (χ0n) is 15.9. The molecule has 0 saturated carbocycles. The number of hydrogen-bond acceptors (Lipinski definition) is 4. The van der Waals surface area contributed by atoms with E-state index in [2.05, 4.69) is 40.0 Å². The van der Waals surface area contributed by atoms with Crippen LogP contribution in [-0.4, -0.2) is 48.2 Å². The van der Waals surface area contributed by atoms with Crippen LogP contribution in [0.4, 0.5) is 0 Å². The molecule has 5 heteroatoms. The largest absolute Gasteiger partial charge is 0.493 e. The van der Waals surface area contributed by atoms with Crippen LogP contribution in [0.15, 0.2) is 18.2 Å². The second kappa shape index (κ2) is 7.16. The number of aryl methyl sites for hydroxylation is 2. The van der Waals surface area contributed by atoms with Gasteiger partial charge in [-0.1, -0.05) is 0 Å². The first-order chi connectivity index (χ1) is 12.7. The summed E-state index contributed by atoms with van der Waals surface area (Å²) < 4.78 is 11.7. The van der Waals surface area contributed by atoms with Crippen LogP contribution in [0, 0.1) is 13.8 Å². The van der Waals surface area contributed by atoms with Crippen LogP contribution >= 0.6 is 0 Å². The van der Waals surface area contributed by atoms with Crippen molar-refractivity contribution in [2.45, 2.75) is 33.1 Å². The lowest BCUT2D eigenvalue weighted by atomic mass is 10.1. The van der Waals surface area contributed by atoms with Crippen LogP contribution in [0.5, 0.6) is 11.5 Å². The molecule has 0 aliphatic carbocycles. The van der Waals surface area contributed by atoms with Crippen molar-refractivity contribution >= 4 is 21.8 Å². The lowest BCUT2D eigenvalue weighted by molar-refractivity contribution is 0.254. The summed E-state index contributed by atoms with van der Waals surface area (Å²) in [7, 11) is 1.70. The predicted molar refractivity (Wildman–Crippen MR) is 105 cm³/mol. The molecule has 5 nitrogen and oxygen atoms in total. The molecular weight excluding hydrogens is 326 g/mol. The van der Waals surface area contributed by atoms with Crippen molar-refractivity contribution in [3.05, 3.63) is 29.6 Å². The van der Waals surface area contributed by atoms with E-state index in [1.54, 1.807) is 7.11 Å². The van der Waals surface area contributed by atoms with Gasteiger partial charge in [0.05, 0.1) is 24.8 Å². The highest BCUT2D eigenvalue weighted by Crippen LogP contribution is 2.37. The number of methoxy groups -OCH3 is 1. The van der Waals surface area contributed by atoms with E-state index >= 15 is 0 Å². The van der Waals surface area contributed by atoms with E-state index in [4.69, 9.17) is 9.47 Å². The first-order valence-corrected chi connectivity index (χ1v) is 9.48. The minimum Gasteiger partial charge on any atom is -0.493 e. The van der Waals surface area contributed by atoms with Crippen molar-refractivity contribution < 1.29 is 9.47 Å². The minimum atomic E-state index is 0.707. The van der Waals surface area contributed by atoms with Gasteiger partial charge in [-0.15, -0.1) is 0 Å². The predicted octanol–water partition coefficient (Wildman–Crippen LogP) is 4.21. The fourth-order valence-electron chi connectivity index (χ4n) is 4.03. The zero-order valence-corrected chi connectivity index (χ0v) is 15.9. The molecule has 0 amide bonds. The third-order valence-electron chi connectivity index (χ3n) is 5.25. The number of ether oxygens (including phenoxy) is 2. The van der Waals surface area contributed by atoms with Gasteiger partial charge in [-0.3, -0.25) is 4.98 Å². The van der Waals surface area contributed by atoms with Crippen molar-refractivity contribution in [1.29, 1.82) is 0 Å². The first kappa shape index (κ1) is 17.2. The molecule has 2 aromatic heterocycles. The number of H-pyrrole nitrogens is 1. The number of aromatic nitrogens is 2. The Kier molecular flexibility index (Phi) is 4.72. The quantitative estimate of drug-likeness (QED) is 0.675. The fourth-order valence-corrected chi connectivity index (χ4v) is 4.03. The van der Waals surface area contributed by atoms with Gasteiger partial charge in [-0.25, -0.2) is 0 Å². The summed E-state index contributed by atoms with van der Waals surface area (Å²) in [5, 5.41) is 2.29. The van der Waals surface area contributed by atoms with Gasteiger partial charge in [0.1, 0.15) is 0 Å². The zero-order chi connectivity index (χ0) is 18.1. The van der Waals surface area contributed by atoms with E-state index in [0.29, 0.717) is 6.61 Å². The Morgan fingerprint density at radius 3 is 2.65 bits per heavy atom. The molecule has 1 aromatic carbocycles. The third-order valence-corrected chi connectivity index (χ3v) is 5.25. The highest BCUT2D eigenvalue weighted by Gasteiger charge is 2.14. The van der Waals surface area contributed by atoms with E-state index in [1.807, 2.05) is 6.92 Å². The summed E-state index contributed by atoms with van der Waals surface area (Å²) in [6.07, 6.45) is 3.70. The van der Waals surface area contributed by atoms with E-state index in [9.17, 15) is 0 Å². The number of nitrogens with one attached hydrogen (secondary N) is 1. The highest BCUT2D eigenvalue weighted by atomic mass is 16.5. The molecule has 3 aromatic rings. The van der Waals surface area contributed by atoms with Gasteiger partial charge >= 0.3 is 0 Å². The molecule has 0 spiro atoms. The maximum Gasteiger partial charge on any atom is 0.163 e. The monoisotopic (exact) mass is 353 g/mol. The molecule has 1 aliphatic rings. The molecule has 0 unspecified atom stereocenters. The Balaban J connectivity index is 1.58. The molecule has 26 heavy (non-hydrogen) atoms. The second-order valence-electron chi connectivity index (χ2n) is 7.20. The van der Waals surface area contributed by atoms with Crippen molar-refractivity contribution in [2.24, 2.45) is 0 Å². The fraction of sp³-hybridized carbons (Fsp3) is 0.476. The standard InChI is InChI=1S/C21H27N3O2/c1-14-11-18-21(15(2)22-14)16-12-19(25-3)20(13-17(16)23-18)26-10-6-9-24-7-4-5-8-24/h11-13,23H,4-10H2,1-3H3. The number of rotatable bonds is 6. The number of aromatic amines is 1. The summed E-state index contributed by atoms with van der Waals surface area (Å²) in [6.45, 7) is 8.36. The van der Waals surface area contributed by atoms with E-state index in [0.717, 1.165) is 57.7 Å². The van der Waals surface area contributed by atoms with Crippen LogP contribution in [-0.2, 0) is 0 Å². The normalized spacial score (nSPS) is 15.2. The molecule has 1 saturated heterocycles. The lowest BCUT2D eigenvalue weighted by Crippen LogP contribution is -2.21. The molecule has 4 rings (SSSR count). The maximum atomic E-state index is 6.06. The van der Waals surface area contributed by atoms with Gasteiger partial charge in [0.25, 0.3) is 0 Å². The summed E-state index contributed by atoms with van der Waals surface area (Å²) in [5.41, 5.74) is 4.23. The van der Waals surface area contributed by atoms with Crippen LogP contribution in [0.3, 0.4) is 0 Å². The molecule has 0 atom stereocenters. The Bertz CT molecular complexity index is 926. The van der Waals surface area contributed by atoms with Crippen molar-refractivity contribution in [2.75, 3.05) is 33.4 Å². The number of pyridine rings is 1. The number of nitrogens with zero attached hydrogens (tertiary/aromatic N) is 2. The van der Waals surface area contributed by atoms with Crippen LogP contribution in [0.2, 0.25) is 0 Å². The average molecular weight is 353 g/mol. The van der Waals surface area contributed by atoms with E-state index < -0.39 is 0 Å². The molecule has 138 valence electrons. The molecule has 0 radical (unpaired) electrons. The summed E-state index contributed by atoms with van der Waals surface area (Å²) in [5.74, 6) is 1.58. The van der Waals surface area contributed by atoms with Gasteiger partial charge < -0.3 is 19.4 Å². The maximum absolute atomic E-state index is 6.06. The summed E-state index contributed by atoms with van der Waals surface area (Å²) in [6, 6.07) is 6.21. The van der Waals surface area contributed by atoms with Crippen LogP contribution < -0.4 is 9.47 Å².